The van der Waals surface area contributed by atoms with Crippen molar-refractivity contribution in [2.45, 2.75) is 25.7 Å². The number of methoxy groups -OCH3 is 1. The first-order valence-electron chi connectivity index (χ1n) is 5.65. The number of ether oxygens (including phenoxy) is 1. The molecule has 2 rings (SSSR count). The van der Waals surface area contributed by atoms with Gasteiger partial charge in [-0.3, -0.25) is 0 Å². The molecule has 0 bridgehead atoms. The fourth-order valence-corrected chi connectivity index (χ4v) is 2.36. The first-order chi connectivity index (χ1) is 7.33. The Bertz CT molecular complexity index is 335. The van der Waals surface area contributed by atoms with Gasteiger partial charge in [-0.25, -0.2) is 0 Å². The summed E-state index contributed by atoms with van der Waals surface area (Å²) in [6, 6.07) is 6.57. The molecule has 1 aliphatic rings. The summed E-state index contributed by atoms with van der Waals surface area (Å²) in [5, 5.41) is 3.50. The third-order valence-corrected chi connectivity index (χ3v) is 3.21. The van der Waals surface area contributed by atoms with Crippen LogP contribution in [0.1, 0.15) is 29.9 Å². The molecule has 0 saturated carbocycles. The average Bonchev–Trinajstić information content (AvgIpc) is 2.27. The minimum absolute atomic E-state index is 0.668. The predicted octanol–water partition coefficient (Wildman–Crippen LogP) is 2.93. The van der Waals surface area contributed by atoms with E-state index in [0.717, 1.165) is 19.6 Å². The van der Waals surface area contributed by atoms with E-state index in [4.69, 9.17) is 4.74 Å². The van der Waals surface area contributed by atoms with E-state index in [1.165, 1.54) is 23.2 Å². The minimum atomic E-state index is 0.668. The van der Waals surface area contributed by atoms with Gasteiger partial charge in [-0.1, -0.05) is 18.2 Å². The summed E-state index contributed by atoms with van der Waals surface area (Å²) in [6.07, 6.45) is 2.36. The molecule has 2 heteroatoms. The van der Waals surface area contributed by atoms with Crippen LogP contribution in [0.5, 0.6) is 0 Å². The molecule has 1 aromatic carbocycles. The lowest BCUT2D eigenvalue weighted by Crippen LogP contribution is -2.18. The van der Waals surface area contributed by atoms with Gasteiger partial charge >= 0.3 is 0 Å². The number of rotatable bonds is 3. The van der Waals surface area contributed by atoms with E-state index in [2.05, 4.69) is 30.4 Å². The maximum Gasteiger partial charge on any atom is 0.0468 e. The van der Waals surface area contributed by atoms with Crippen molar-refractivity contribution in [1.29, 1.82) is 0 Å². The Morgan fingerprint density at radius 1 is 1.47 bits per heavy atom. The van der Waals surface area contributed by atoms with Gasteiger partial charge in [0.2, 0.25) is 0 Å². The minimum Gasteiger partial charge on any atom is -0.385 e. The zero-order chi connectivity index (χ0) is 10.7. The van der Waals surface area contributed by atoms with E-state index >= 15 is 0 Å². The smallest absolute Gasteiger partial charge is 0.0468 e. The van der Waals surface area contributed by atoms with Crippen molar-refractivity contribution in [3.63, 3.8) is 0 Å². The zero-order valence-electron chi connectivity index (χ0n) is 9.55. The van der Waals surface area contributed by atoms with Gasteiger partial charge in [0, 0.05) is 25.9 Å². The first kappa shape index (κ1) is 10.5. The molecular weight excluding hydrogens is 186 g/mol. The van der Waals surface area contributed by atoms with Gasteiger partial charge in [0.1, 0.15) is 0 Å². The van der Waals surface area contributed by atoms with Crippen LogP contribution in [0.3, 0.4) is 0 Å². The van der Waals surface area contributed by atoms with Crippen molar-refractivity contribution in [1.82, 2.24) is 0 Å². The normalized spacial score (nSPS) is 19.5. The Hall–Kier alpha value is -1.02. The molecular formula is C13H19NO. The van der Waals surface area contributed by atoms with E-state index in [1.54, 1.807) is 7.11 Å². The topological polar surface area (TPSA) is 21.3 Å². The highest BCUT2D eigenvalue weighted by molar-refractivity contribution is 5.60. The van der Waals surface area contributed by atoms with Gasteiger partial charge in [-0.2, -0.15) is 0 Å². The molecule has 2 nitrogen and oxygen atoms in total. The average molecular weight is 205 g/mol. The second-order valence-corrected chi connectivity index (χ2v) is 4.23. The molecule has 1 aromatic rings. The van der Waals surface area contributed by atoms with Crippen LogP contribution in [-0.2, 0) is 4.74 Å². The standard InChI is InChI=1S/C13H19NO/c1-10-4-3-5-12-11(7-9-15-2)6-8-14-13(10)12/h3-5,11,14H,6-9H2,1-2H3. The third kappa shape index (κ3) is 2.15. The highest BCUT2D eigenvalue weighted by atomic mass is 16.5. The fourth-order valence-electron chi connectivity index (χ4n) is 2.36. The third-order valence-electron chi connectivity index (χ3n) is 3.21. The van der Waals surface area contributed by atoms with Crippen molar-refractivity contribution in [2.75, 3.05) is 25.6 Å². The molecule has 0 radical (unpaired) electrons. The van der Waals surface area contributed by atoms with Gasteiger partial charge in [0.25, 0.3) is 0 Å². The molecule has 0 aromatic heterocycles. The Labute approximate surface area is 91.6 Å². The lowest BCUT2D eigenvalue weighted by Gasteiger charge is -2.27. The fraction of sp³-hybridized carbons (Fsp3) is 0.538. The lowest BCUT2D eigenvalue weighted by atomic mass is 9.87. The quantitative estimate of drug-likeness (QED) is 0.819. The number of aryl methyl sites for hydroxylation is 1. The number of para-hydroxylation sites is 1. The lowest BCUT2D eigenvalue weighted by molar-refractivity contribution is 0.186. The Balaban J connectivity index is 2.22. The maximum absolute atomic E-state index is 5.17. The molecule has 82 valence electrons. The van der Waals surface area contributed by atoms with Crippen LogP contribution in [0.15, 0.2) is 18.2 Å². The molecule has 1 N–H and O–H groups in total. The Kier molecular flexibility index (Phi) is 3.27. The second-order valence-electron chi connectivity index (χ2n) is 4.23. The van der Waals surface area contributed by atoms with Crippen LogP contribution >= 0.6 is 0 Å². The predicted molar refractivity (Wildman–Crippen MR) is 63.5 cm³/mol. The second kappa shape index (κ2) is 4.67. The molecule has 1 heterocycles. The summed E-state index contributed by atoms with van der Waals surface area (Å²) in [5.41, 5.74) is 4.18. The summed E-state index contributed by atoms with van der Waals surface area (Å²) in [4.78, 5) is 0. The number of nitrogens with one attached hydrogen (secondary N) is 1. The summed E-state index contributed by atoms with van der Waals surface area (Å²) >= 11 is 0. The largest absolute Gasteiger partial charge is 0.385 e. The van der Waals surface area contributed by atoms with E-state index in [9.17, 15) is 0 Å². The number of hydrogen-bond acceptors (Lipinski definition) is 2. The van der Waals surface area contributed by atoms with Crippen molar-refractivity contribution in [2.24, 2.45) is 0 Å². The van der Waals surface area contributed by atoms with E-state index in [0.29, 0.717) is 5.92 Å². The molecule has 1 unspecified atom stereocenters. The van der Waals surface area contributed by atoms with E-state index in [1.807, 2.05) is 0 Å². The van der Waals surface area contributed by atoms with E-state index in [-0.39, 0.29) is 0 Å². The number of benzene rings is 1. The van der Waals surface area contributed by atoms with Crippen LogP contribution < -0.4 is 5.32 Å². The SMILES string of the molecule is COCCC1CCNc2c(C)cccc21. The van der Waals surface area contributed by atoms with E-state index < -0.39 is 0 Å². The number of fused-ring (bicyclic) bond motifs is 1. The molecule has 0 spiro atoms. The monoisotopic (exact) mass is 205 g/mol. The molecule has 1 aliphatic heterocycles. The summed E-state index contributed by atoms with van der Waals surface area (Å²) < 4.78 is 5.17. The molecule has 0 fully saturated rings. The Morgan fingerprint density at radius 3 is 3.13 bits per heavy atom. The Morgan fingerprint density at radius 2 is 2.33 bits per heavy atom. The van der Waals surface area contributed by atoms with Gasteiger partial charge in [-0.05, 0) is 36.8 Å². The van der Waals surface area contributed by atoms with Crippen LogP contribution in [0.25, 0.3) is 0 Å². The van der Waals surface area contributed by atoms with Crippen LogP contribution in [0.4, 0.5) is 5.69 Å². The number of anilines is 1. The molecule has 0 saturated heterocycles. The van der Waals surface area contributed by atoms with Gasteiger partial charge in [0.05, 0.1) is 0 Å². The highest BCUT2D eigenvalue weighted by Gasteiger charge is 2.20. The molecule has 0 aliphatic carbocycles. The van der Waals surface area contributed by atoms with Crippen molar-refractivity contribution in [3.8, 4) is 0 Å². The van der Waals surface area contributed by atoms with Gasteiger partial charge in [-0.15, -0.1) is 0 Å². The summed E-state index contributed by atoms with van der Waals surface area (Å²) in [5.74, 6) is 0.668. The zero-order valence-corrected chi connectivity index (χ0v) is 9.55. The summed E-state index contributed by atoms with van der Waals surface area (Å²) in [7, 11) is 1.78. The molecule has 1 atom stereocenters. The maximum atomic E-state index is 5.17. The van der Waals surface area contributed by atoms with Crippen molar-refractivity contribution >= 4 is 5.69 Å². The van der Waals surface area contributed by atoms with Crippen molar-refractivity contribution in [3.05, 3.63) is 29.3 Å². The number of hydrogen-bond donors (Lipinski definition) is 1. The van der Waals surface area contributed by atoms with Gasteiger partial charge < -0.3 is 10.1 Å². The highest BCUT2D eigenvalue weighted by Crippen LogP contribution is 2.35. The van der Waals surface area contributed by atoms with Gasteiger partial charge in [0.15, 0.2) is 0 Å². The van der Waals surface area contributed by atoms with Crippen LogP contribution in [0, 0.1) is 6.92 Å². The first-order valence-corrected chi connectivity index (χ1v) is 5.65. The van der Waals surface area contributed by atoms with Crippen molar-refractivity contribution < 1.29 is 4.74 Å². The summed E-state index contributed by atoms with van der Waals surface area (Å²) in [6.45, 7) is 4.12. The van der Waals surface area contributed by atoms with Crippen LogP contribution in [-0.4, -0.2) is 20.3 Å². The molecule has 0 amide bonds. The molecule has 15 heavy (non-hydrogen) atoms. The van der Waals surface area contributed by atoms with Crippen LogP contribution in [0.2, 0.25) is 0 Å².